The molecule has 6 heteroatoms. The van der Waals surface area contributed by atoms with Crippen LogP contribution in [0.3, 0.4) is 0 Å². The summed E-state index contributed by atoms with van der Waals surface area (Å²) in [6.45, 7) is 28.4. The van der Waals surface area contributed by atoms with E-state index in [4.69, 9.17) is 20.2 Å². The monoisotopic (exact) mass is 672 g/mol. The van der Waals surface area contributed by atoms with Crippen LogP contribution in [0.5, 0.6) is 0 Å². The molecule has 4 nitrogen and oxygen atoms in total. The molecule has 0 aromatic heterocycles. The number of rotatable bonds is 14. The highest BCUT2D eigenvalue weighted by Gasteiger charge is 2.58. The Morgan fingerprint density at radius 2 is 1.54 bits per heavy atom. The molecule has 3 aliphatic carbocycles. The summed E-state index contributed by atoms with van der Waals surface area (Å²) in [7, 11) is -3.53. The number of ether oxygens (including phenoxy) is 1. The normalized spacial score (nSPS) is 36.2. The number of aliphatic hydroxyl groups is 1. The predicted molar refractivity (Wildman–Crippen MR) is 200 cm³/mol. The highest BCUT2D eigenvalue weighted by molar-refractivity contribution is 6.74. The molecule has 7 atom stereocenters. The van der Waals surface area contributed by atoms with Gasteiger partial charge < -0.3 is 18.7 Å². The number of allylic oxidation sites excluding steroid dienone is 3. The highest BCUT2D eigenvalue weighted by atomic mass is 28.4. The molecule has 0 spiro atoms. The van der Waals surface area contributed by atoms with Crippen LogP contribution < -0.4 is 0 Å². The lowest BCUT2D eigenvalue weighted by Gasteiger charge is -2.47. The fourth-order valence-electron chi connectivity index (χ4n) is 10.6. The lowest BCUT2D eigenvalue weighted by molar-refractivity contribution is -0.0753. The summed E-state index contributed by atoms with van der Waals surface area (Å²) in [6, 6.07) is 7.06. The zero-order valence-electron chi connectivity index (χ0n) is 31.7. The van der Waals surface area contributed by atoms with Crippen LogP contribution in [0.15, 0.2) is 35.5 Å². The van der Waals surface area contributed by atoms with Crippen LogP contribution in [0, 0.1) is 23.2 Å². The van der Waals surface area contributed by atoms with Gasteiger partial charge in [-0.15, -0.1) is 0 Å². The topological polar surface area (TPSA) is 47.9 Å². The van der Waals surface area contributed by atoms with Gasteiger partial charge in [0.1, 0.15) is 0 Å². The maximum atomic E-state index is 10.5. The zero-order chi connectivity index (χ0) is 34.0. The van der Waals surface area contributed by atoms with Crippen LogP contribution in [-0.2, 0) is 13.6 Å². The van der Waals surface area contributed by atoms with E-state index >= 15 is 0 Å². The highest BCUT2D eigenvalue weighted by Crippen LogP contribution is 2.62. The molecule has 4 fully saturated rings. The molecular formula is C40H72O4Si2. The standard InChI is InChI=1S/C40H72O4Si2/c1-12-45(13-2,14-3)43-34-25-33(30(7)36(26-34)44-46(15-4,16-5)17-6)21-20-32-19-18-24-39(10)35(32)22-23-37(39)40(11)28-31(29-42-40)27-38(8,9)41/h20-21,31,34-37,41H,7,12-19,22-29H2,1-6,8-11H3/t31-,34-,35-,36-,37+,39+,40+/m1/s1. The van der Waals surface area contributed by atoms with Crippen molar-refractivity contribution in [2.24, 2.45) is 23.2 Å². The Labute approximate surface area is 286 Å². The van der Waals surface area contributed by atoms with E-state index in [1.807, 2.05) is 13.8 Å². The van der Waals surface area contributed by atoms with E-state index in [1.54, 1.807) is 5.57 Å². The van der Waals surface area contributed by atoms with Gasteiger partial charge in [0, 0.05) is 6.42 Å². The van der Waals surface area contributed by atoms with Gasteiger partial charge in [-0.05, 0) is 143 Å². The molecule has 0 unspecified atom stereocenters. The fourth-order valence-corrected chi connectivity index (χ4v) is 16.3. The van der Waals surface area contributed by atoms with Crippen molar-refractivity contribution in [2.75, 3.05) is 6.61 Å². The number of fused-ring (bicyclic) bond motifs is 1. The first-order valence-corrected chi connectivity index (χ1v) is 24.5. The molecular weight excluding hydrogens is 601 g/mol. The van der Waals surface area contributed by atoms with Gasteiger partial charge in [0.2, 0.25) is 0 Å². The Kier molecular flexibility index (Phi) is 12.6. The van der Waals surface area contributed by atoms with E-state index in [1.165, 1.54) is 79.5 Å². The average molecular weight is 673 g/mol. The van der Waals surface area contributed by atoms with Crippen LogP contribution in [-0.4, -0.2) is 51.8 Å². The van der Waals surface area contributed by atoms with E-state index in [9.17, 15) is 5.11 Å². The van der Waals surface area contributed by atoms with Gasteiger partial charge in [-0.2, -0.15) is 0 Å². The maximum absolute atomic E-state index is 10.5. The van der Waals surface area contributed by atoms with Gasteiger partial charge in [0.25, 0.3) is 0 Å². The Morgan fingerprint density at radius 3 is 2.13 bits per heavy atom. The van der Waals surface area contributed by atoms with Crippen molar-refractivity contribution in [3.05, 3.63) is 35.5 Å². The first-order valence-electron chi connectivity index (χ1n) is 19.5. The minimum atomic E-state index is -1.79. The molecule has 46 heavy (non-hydrogen) atoms. The number of hydrogen-bond donors (Lipinski definition) is 1. The SMILES string of the molecule is C=C1C(=CC=C2CCC[C@@]3(C)[C@@H]2CC[C@@H]3[C@]2(C)C[C@@H](CC(C)(C)O)CO2)C[C@@H](O[Si](CC)(CC)CC)C[C@H]1O[Si](CC)(CC)CC. The molecule has 0 bridgehead atoms. The van der Waals surface area contributed by atoms with E-state index in [-0.39, 0.29) is 23.2 Å². The number of hydrogen-bond acceptors (Lipinski definition) is 4. The van der Waals surface area contributed by atoms with Crippen LogP contribution in [0.1, 0.15) is 127 Å². The molecule has 0 amide bonds. The van der Waals surface area contributed by atoms with Crippen molar-refractivity contribution in [1.29, 1.82) is 0 Å². The second-order valence-electron chi connectivity index (χ2n) is 17.0. The fraction of sp³-hybridized carbons (Fsp3) is 0.850. The van der Waals surface area contributed by atoms with Crippen molar-refractivity contribution in [1.82, 2.24) is 0 Å². The largest absolute Gasteiger partial charge is 0.413 e. The third-order valence-corrected chi connectivity index (χ3v) is 23.1. The molecule has 1 aliphatic heterocycles. The second-order valence-corrected chi connectivity index (χ2v) is 26.4. The van der Waals surface area contributed by atoms with Crippen molar-refractivity contribution in [3.8, 4) is 0 Å². The molecule has 0 aromatic carbocycles. The molecule has 3 saturated carbocycles. The molecule has 4 rings (SSSR count). The average Bonchev–Trinajstić information content (AvgIpc) is 3.58. The van der Waals surface area contributed by atoms with Crippen LogP contribution in [0.2, 0.25) is 36.3 Å². The Morgan fingerprint density at radius 1 is 0.935 bits per heavy atom. The Hall–Kier alpha value is -0.506. The summed E-state index contributed by atoms with van der Waals surface area (Å²) < 4.78 is 21.1. The molecule has 1 heterocycles. The van der Waals surface area contributed by atoms with Gasteiger partial charge in [-0.25, -0.2) is 0 Å². The maximum Gasteiger partial charge on any atom is 0.192 e. The minimum Gasteiger partial charge on any atom is -0.413 e. The van der Waals surface area contributed by atoms with Crippen molar-refractivity contribution < 1.29 is 18.7 Å². The Bertz CT molecular complexity index is 1080. The first-order chi connectivity index (χ1) is 21.6. The summed E-state index contributed by atoms with van der Waals surface area (Å²) in [5.41, 5.74) is 3.78. The van der Waals surface area contributed by atoms with E-state index in [0.717, 1.165) is 32.3 Å². The lowest BCUT2D eigenvalue weighted by Crippen LogP contribution is -2.46. The summed E-state index contributed by atoms with van der Waals surface area (Å²) >= 11 is 0. The van der Waals surface area contributed by atoms with Gasteiger partial charge in [-0.3, -0.25) is 0 Å². The molecule has 1 N–H and O–H groups in total. The van der Waals surface area contributed by atoms with Gasteiger partial charge in [-0.1, -0.05) is 72.8 Å². The van der Waals surface area contributed by atoms with Crippen LogP contribution in [0.25, 0.3) is 0 Å². The summed E-state index contributed by atoms with van der Waals surface area (Å²) in [4.78, 5) is 0. The van der Waals surface area contributed by atoms with Gasteiger partial charge in [0.05, 0.1) is 30.0 Å². The Balaban J connectivity index is 1.59. The van der Waals surface area contributed by atoms with Gasteiger partial charge >= 0.3 is 0 Å². The molecule has 264 valence electrons. The molecule has 0 radical (unpaired) electrons. The van der Waals surface area contributed by atoms with Crippen molar-refractivity contribution >= 4 is 16.6 Å². The molecule has 0 aromatic rings. The van der Waals surface area contributed by atoms with E-state index < -0.39 is 22.2 Å². The quantitative estimate of drug-likeness (QED) is 0.187. The summed E-state index contributed by atoms with van der Waals surface area (Å²) in [5.74, 6) is 1.63. The minimum absolute atomic E-state index is 0.0796. The van der Waals surface area contributed by atoms with E-state index in [0.29, 0.717) is 17.8 Å². The summed E-state index contributed by atoms with van der Waals surface area (Å²) in [6.07, 6.45) is 15.4. The van der Waals surface area contributed by atoms with Crippen molar-refractivity contribution in [2.45, 2.75) is 187 Å². The zero-order valence-corrected chi connectivity index (χ0v) is 33.7. The van der Waals surface area contributed by atoms with Gasteiger partial charge in [0.15, 0.2) is 16.6 Å². The van der Waals surface area contributed by atoms with Crippen LogP contribution >= 0.6 is 0 Å². The third-order valence-electron chi connectivity index (χ3n) is 13.7. The molecule has 4 aliphatic rings. The van der Waals surface area contributed by atoms with Crippen molar-refractivity contribution in [3.63, 3.8) is 0 Å². The predicted octanol–water partition coefficient (Wildman–Crippen LogP) is 11.1. The van der Waals surface area contributed by atoms with Crippen LogP contribution in [0.4, 0.5) is 0 Å². The summed E-state index contributed by atoms with van der Waals surface area (Å²) in [5, 5.41) is 10.5. The smallest absolute Gasteiger partial charge is 0.192 e. The first kappa shape index (κ1) is 38.3. The lowest BCUT2D eigenvalue weighted by atomic mass is 9.59. The molecule has 1 saturated heterocycles. The second kappa shape index (κ2) is 15.2. The van der Waals surface area contributed by atoms with E-state index in [2.05, 4.69) is 67.5 Å². The third kappa shape index (κ3) is 8.10.